The largest absolute Gasteiger partial charge is 0.493 e. The second-order valence-electron chi connectivity index (χ2n) is 10.8. The predicted octanol–water partition coefficient (Wildman–Crippen LogP) is 8.90. The number of halogens is 2. The van der Waals surface area contributed by atoms with Crippen LogP contribution in [-0.4, -0.2) is 39.1 Å². The van der Waals surface area contributed by atoms with E-state index in [0.717, 1.165) is 5.56 Å². The lowest BCUT2D eigenvalue weighted by Gasteiger charge is -2.18. The number of benzene rings is 5. The number of amides is 3. The van der Waals surface area contributed by atoms with Crippen LogP contribution in [0.3, 0.4) is 0 Å². The molecule has 0 bridgehead atoms. The number of ether oxygens (including phenoxy) is 3. The van der Waals surface area contributed by atoms with Gasteiger partial charge in [-0.25, -0.2) is 0 Å². The minimum atomic E-state index is -0.687. The Morgan fingerprint density at radius 3 is 2.04 bits per heavy atom. The van der Waals surface area contributed by atoms with Gasteiger partial charge in [-0.2, -0.15) is 0 Å². The van der Waals surface area contributed by atoms with Gasteiger partial charge in [-0.15, -0.1) is 11.8 Å². The van der Waals surface area contributed by atoms with Crippen molar-refractivity contribution >= 4 is 70.1 Å². The summed E-state index contributed by atoms with van der Waals surface area (Å²) < 4.78 is 16.4. The molecule has 51 heavy (non-hydrogen) atoms. The number of methoxy groups -OCH3 is 3. The van der Waals surface area contributed by atoms with Crippen molar-refractivity contribution in [1.82, 2.24) is 5.32 Å². The van der Waals surface area contributed by atoms with Gasteiger partial charge in [0, 0.05) is 21.2 Å². The van der Waals surface area contributed by atoms with Crippen molar-refractivity contribution < 1.29 is 28.6 Å². The van der Waals surface area contributed by atoms with Crippen molar-refractivity contribution in [2.75, 3.05) is 32.0 Å². The summed E-state index contributed by atoms with van der Waals surface area (Å²) in [6.45, 7) is 0. The van der Waals surface area contributed by atoms with Gasteiger partial charge >= 0.3 is 0 Å². The SMILES string of the molecule is COc1cc(/C=C(/NC(=O)c2ccccc2)C(=O)Nc2cccc(SC(C(=O)Nc3cc(Cl)ccc3Cl)c3ccccc3)c2)cc(OC)c1OC. The van der Waals surface area contributed by atoms with Gasteiger partial charge in [0.15, 0.2) is 11.5 Å². The van der Waals surface area contributed by atoms with Gasteiger partial charge in [0.05, 0.1) is 32.0 Å². The monoisotopic (exact) mass is 741 g/mol. The van der Waals surface area contributed by atoms with Crippen LogP contribution in [0.4, 0.5) is 11.4 Å². The fourth-order valence-electron chi connectivity index (χ4n) is 4.97. The van der Waals surface area contributed by atoms with Gasteiger partial charge in [0.25, 0.3) is 11.8 Å². The lowest BCUT2D eigenvalue weighted by Crippen LogP contribution is -2.30. The van der Waals surface area contributed by atoms with E-state index in [9.17, 15) is 14.4 Å². The fraction of sp³-hybridized carbons (Fsp3) is 0.103. The molecular formula is C39H33Cl2N3O6S. The Kier molecular flexibility index (Phi) is 12.6. The first kappa shape index (κ1) is 36.9. The fourth-order valence-corrected chi connectivity index (χ4v) is 6.39. The van der Waals surface area contributed by atoms with Crippen LogP contribution in [0.2, 0.25) is 10.0 Å². The number of rotatable bonds is 13. The molecule has 0 aromatic heterocycles. The molecule has 0 aliphatic carbocycles. The molecule has 0 aliphatic rings. The van der Waals surface area contributed by atoms with E-state index in [0.29, 0.717) is 54.7 Å². The highest BCUT2D eigenvalue weighted by Crippen LogP contribution is 2.40. The summed E-state index contributed by atoms with van der Waals surface area (Å²) in [6.07, 6.45) is 1.51. The normalized spacial score (nSPS) is 11.6. The molecule has 12 heteroatoms. The van der Waals surface area contributed by atoms with Crippen LogP contribution in [0.1, 0.15) is 26.7 Å². The first-order chi connectivity index (χ1) is 24.7. The van der Waals surface area contributed by atoms with Crippen molar-refractivity contribution in [3.63, 3.8) is 0 Å². The predicted molar refractivity (Wildman–Crippen MR) is 203 cm³/mol. The van der Waals surface area contributed by atoms with Crippen LogP contribution in [0.5, 0.6) is 17.2 Å². The first-order valence-corrected chi connectivity index (χ1v) is 17.1. The van der Waals surface area contributed by atoms with E-state index in [1.807, 2.05) is 36.4 Å². The molecule has 1 unspecified atom stereocenters. The van der Waals surface area contributed by atoms with Gasteiger partial charge in [-0.3, -0.25) is 14.4 Å². The third kappa shape index (κ3) is 9.64. The first-order valence-electron chi connectivity index (χ1n) is 15.5. The highest BCUT2D eigenvalue weighted by molar-refractivity contribution is 8.00. The molecule has 3 amide bonds. The zero-order valence-corrected chi connectivity index (χ0v) is 30.1. The zero-order chi connectivity index (χ0) is 36.3. The van der Waals surface area contributed by atoms with E-state index in [-0.39, 0.29) is 11.6 Å². The Labute approximate surface area is 309 Å². The molecular weight excluding hydrogens is 709 g/mol. The minimum absolute atomic E-state index is 0.0453. The number of anilines is 2. The molecule has 0 aliphatic heterocycles. The topological polar surface area (TPSA) is 115 Å². The standard InChI is InChI=1S/C39H33Cl2N3O6S/c1-48-33-20-24(21-34(49-2)35(33)50-3)19-32(44-37(45)26-13-8-5-9-14-26)38(46)42-28-15-10-16-29(23-28)51-36(25-11-6-4-7-12-25)39(47)43-31-22-27(40)17-18-30(31)41/h4-23,36H,1-3H3,(H,42,46)(H,43,47)(H,44,45)/b32-19+. The Morgan fingerprint density at radius 1 is 0.725 bits per heavy atom. The van der Waals surface area contributed by atoms with Gasteiger partial charge in [-0.05, 0) is 77.9 Å². The molecule has 5 rings (SSSR count). The van der Waals surface area contributed by atoms with Gasteiger partial charge in [-0.1, -0.05) is 77.8 Å². The van der Waals surface area contributed by atoms with E-state index in [2.05, 4.69) is 16.0 Å². The van der Waals surface area contributed by atoms with E-state index in [1.165, 1.54) is 39.2 Å². The Balaban J connectivity index is 1.43. The maximum atomic E-state index is 13.9. The number of thioether (sulfide) groups is 1. The molecule has 5 aromatic carbocycles. The van der Waals surface area contributed by atoms with Crippen LogP contribution < -0.4 is 30.2 Å². The second kappa shape index (κ2) is 17.5. The zero-order valence-electron chi connectivity index (χ0n) is 27.7. The van der Waals surface area contributed by atoms with Crippen molar-refractivity contribution in [1.29, 1.82) is 0 Å². The third-order valence-electron chi connectivity index (χ3n) is 7.40. The van der Waals surface area contributed by atoms with Crippen LogP contribution >= 0.6 is 35.0 Å². The van der Waals surface area contributed by atoms with Crippen LogP contribution in [0.25, 0.3) is 6.08 Å². The molecule has 9 nitrogen and oxygen atoms in total. The van der Waals surface area contributed by atoms with E-state index < -0.39 is 17.1 Å². The molecule has 0 fully saturated rings. The molecule has 0 heterocycles. The van der Waals surface area contributed by atoms with Crippen LogP contribution in [0, 0.1) is 0 Å². The quantitative estimate of drug-likeness (QED) is 0.0816. The van der Waals surface area contributed by atoms with E-state index in [1.54, 1.807) is 78.9 Å². The maximum Gasteiger partial charge on any atom is 0.272 e. The second-order valence-corrected chi connectivity index (χ2v) is 12.9. The lowest BCUT2D eigenvalue weighted by atomic mass is 10.1. The minimum Gasteiger partial charge on any atom is -0.493 e. The summed E-state index contributed by atoms with van der Waals surface area (Å²) in [5.74, 6) is -0.269. The highest BCUT2D eigenvalue weighted by atomic mass is 35.5. The highest BCUT2D eigenvalue weighted by Gasteiger charge is 2.24. The van der Waals surface area contributed by atoms with Gasteiger partial charge in [0.1, 0.15) is 10.9 Å². The molecule has 3 N–H and O–H groups in total. The summed E-state index contributed by atoms with van der Waals surface area (Å²) in [4.78, 5) is 41.5. The number of hydrogen-bond acceptors (Lipinski definition) is 7. The summed E-state index contributed by atoms with van der Waals surface area (Å²) in [7, 11) is 4.46. The Hall–Kier alpha value is -5.42. The summed E-state index contributed by atoms with van der Waals surface area (Å²) in [6, 6.07) is 33.0. The average molecular weight is 743 g/mol. The number of carbonyl (C=O) groups excluding carboxylic acids is 3. The van der Waals surface area contributed by atoms with Crippen molar-refractivity contribution in [2.45, 2.75) is 10.1 Å². The summed E-state index contributed by atoms with van der Waals surface area (Å²) in [5, 5.41) is 8.60. The molecule has 5 aromatic rings. The number of nitrogens with one attached hydrogen (secondary N) is 3. The number of hydrogen-bond donors (Lipinski definition) is 3. The van der Waals surface area contributed by atoms with E-state index in [4.69, 9.17) is 37.4 Å². The molecule has 0 spiro atoms. The van der Waals surface area contributed by atoms with Gasteiger partial charge in [0.2, 0.25) is 11.7 Å². The van der Waals surface area contributed by atoms with Gasteiger partial charge < -0.3 is 30.2 Å². The maximum absolute atomic E-state index is 13.9. The van der Waals surface area contributed by atoms with Crippen molar-refractivity contribution in [2.24, 2.45) is 0 Å². The average Bonchev–Trinajstić information content (AvgIpc) is 3.15. The summed E-state index contributed by atoms with van der Waals surface area (Å²) in [5.41, 5.74) is 2.40. The molecule has 0 saturated carbocycles. The van der Waals surface area contributed by atoms with Crippen molar-refractivity contribution in [3.8, 4) is 17.2 Å². The van der Waals surface area contributed by atoms with Crippen LogP contribution in [-0.2, 0) is 9.59 Å². The van der Waals surface area contributed by atoms with Crippen LogP contribution in [0.15, 0.2) is 126 Å². The third-order valence-corrected chi connectivity index (χ3v) is 9.21. The molecule has 260 valence electrons. The lowest BCUT2D eigenvalue weighted by molar-refractivity contribution is -0.116. The Bertz CT molecular complexity index is 2040. The van der Waals surface area contributed by atoms with E-state index >= 15 is 0 Å². The Morgan fingerprint density at radius 2 is 1.39 bits per heavy atom. The molecule has 1 atom stereocenters. The van der Waals surface area contributed by atoms with Crippen molar-refractivity contribution in [3.05, 3.63) is 148 Å². The summed E-state index contributed by atoms with van der Waals surface area (Å²) >= 11 is 13.8. The molecule has 0 saturated heterocycles. The smallest absolute Gasteiger partial charge is 0.272 e. The number of carbonyl (C=O) groups is 3. The molecule has 0 radical (unpaired) electrons.